The summed E-state index contributed by atoms with van der Waals surface area (Å²) >= 11 is 0. The SMILES string of the molecule is CC(C)(C)OC(=O)NC1C2CCC1Cc1cc[c]cc1C2. The van der Waals surface area contributed by atoms with E-state index in [1.807, 2.05) is 26.8 Å². The molecule has 0 aromatic heterocycles. The lowest BCUT2D eigenvalue weighted by atomic mass is 9.94. The summed E-state index contributed by atoms with van der Waals surface area (Å²) in [4.78, 5) is 12.1. The number of rotatable bonds is 1. The Balaban J connectivity index is 1.73. The average Bonchev–Trinajstić information content (AvgIpc) is 2.63. The van der Waals surface area contributed by atoms with Gasteiger partial charge in [-0.2, -0.15) is 0 Å². The number of hydrogen-bond donors (Lipinski definition) is 1. The highest BCUT2D eigenvalue weighted by atomic mass is 16.6. The van der Waals surface area contributed by atoms with Crippen LogP contribution in [0.25, 0.3) is 0 Å². The molecule has 0 heterocycles. The number of fused-ring (bicyclic) bond motifs is 3. The van der Waals surface area contributed by atoms with Crippen LogP contribution in [0.2, 0.25) is 0 Å². The lowest BCUT2D eigenvalue weighted by Gasteiger charge is -2.26. The number of benzene rings is 1. The summed E-state index contributed by atoms with van der Waals surface area (Å²) in [5, 5.41) is 3.14. The van der Waals surface area contributed by atoms with E-state index >= 15 is 0 Å². The number of alkyl carbamates (subject to hydrolysis) is 1. The van der Waals surface area contributed by atoms with Crippen LogP contribution in [0.5, 0.6) is 0 Å². The molecule has 21 heavy (non-hydrogen) atoms. The first kappa shape index (κ1) is 14.4. The largest absolute Gasteiger partial charge is 0.444 e. The summed E-state index contributed by atoms with van der Waals surface area (Å²) in [6.07, 6.45) is 4.22. The molecule has 113 valence electrons. The second-order valence-electron chi connectivity index (χ2n) is 7.37. The summed E-state index contributed by atoms with van der Waals surface area (Å²) in [6.45, 7) is 5.71. The average molecular weight is 286 g/mol. The van der Waals surface area contributed by atoms with Gasteiger partial charge in [-0.05, 0) is 75.5 Å². The Hall–Kier alpha value is -1.51. The van der Waals surface area contributed by atoms with E-state index < -0.39 is 5.60 Å². The van der Waals surface area contributed by atoms with Crippen molar-refractivity contribution in [2.45, 2.75) is 58.1 Å². The van der Waals surface area contributed by atoms with Crippen LogP contribution in [-0.2, 0) is 17.6 Å². The van der Waals surface area contributed by atoms with E-state index in [0.29, 0.717) is 11.8 Å². The molecular weight excluding hydrogens is 262 g/mol. The van der Waals surface area contributed by atoms with Gasteiger partial charge in [-0.1, -0.05) is 18.2 Å². The van der Waals surface area contributed by atoms with Crippen LogP contribution in [-0.4, -0.2) is 17.7 Å². The van der Waals surface area contributed by atoms with Crippen LogP contribution in [0.15, 0.2) is 18.2 Å². The number of hydrogen-bond acceptors (Lipinski definition) is 2. The molecule has 0 aliphatic heterocycles. The fourth-order valence-corrected chi connectivity index (χ4v) is 3.76. The molecule has 1 N–H and O–H groups in total. The Labute approximate surface area is 127 Å². The zero-order valence-electron chi connectivity index (χ0n) is 13.1. The molecule has 0 spiro atoms. The fraction of sp³-hybridized carbons (Fsp3) is 0.611. The van der Waals surface area contributed by atoms with E-state index in [1.54, 1.807) is 0 Å². The Morgan fingerprint density at radius 2 is 1.90 bits per heavy atom. The maximum atomic E-state index is 12.1. The third-order valence-corrected chi connectivity index (χ3v) is 4.62. The summed E-state index contributed by atoms with van der Waals surface area (Å²) in [7, 11) is 0. The molecule has 3 heteroatoms. The van der Waals surface area contributed by atoms with E-state index in [9.17, 15) is 4.79 Å². The van der Waals surface area contributed by atoms with Gasteiger partial charge in [0.1, 0.15) is 5.60 Å². The van der Waals surface area contributed by atoms with Crippen molar-refractivity contribution < 1.29 is 9.53 Å². The standard InChI is InChI=1S/C18H24NO2/c1-18(2,3)21-17(20)19-16-14-8-9-15(16)11-13-7-5-4-6-12(13)10-14/h4,6-7,14-16H,8-11H2,1-3H3,(H,19,20). The maximum Gasteiger partial charge on any atom is 0.407 e. The van der Waals surface area contributed by atoms with E-state index in [1.165, 1.54) is 24.0 Å². The molecule has 3 atom stereocenters. The smallest absolute Gasteiger partial charge is 0.407 e. The van der Waals surface area contributed by atoms with Crippen LogP contribution in [0, 0.1) is 17.9 Å². The number of carbonyl (C=O) groups excluding carboxylic acids is 1. The van der Waals surface area contributed by atoms with Gasteiger partial charge < -0.3 is 10.1 Å². The van der Waals surface area contributed by atoms with Crippen molar-refractivity contribution in [1.82, 2.24) is 5.32 Å². The molecule has 3 rings (SSSR count). The molecule has 1 saturated carbocycles. The first-order valence-corrected chi connectivity index (χ1v) is 7.90. The molecule has 1 fully saturated rings. The third-order valence-electron chi connectivity index (χ3n) is 4.62. The van der Waals surface area contributed by atoms with Gasteiger partial charge in [-0.3, -0.25) is 0 Å². The minimum absolute atomic E-state index is 0.243. The van der Waals surface area contributed by atoms with Gasteiger partial charge >= 0.3 is 6.09 Å². The first-order valence-electron chi connectivity index (χ1n) is 7.90. The van der Waals surface area contributed by atoms with Crippen molar-refractivity contribution in [2.75, 3.05) is 0 Å². The highest BCUT2D eigenvalue weighted by Crippen LogP contribution is 2.40. The molecule has 1 radical (unpaired) electrons. The first-order chi connectivity index (χ1) is 9.92. The van der Waals surface area contributed by atoms with Gasteiger partial charge in [-0.15, -0.1) is 0 Å². The van der Waals surface area contributed by atoms with Crippen molar-refractivity contribution in [3.63, 3.8) is 0 Å². The number of carbonyl (C=O) groups is 1. The lowest BCUT2D eigenvalue weighted by Crippen LogP contribution is -2.44. The van der Waals surface area contributed by atoms with Crippen LogP contribution >= 0.6 is 0 Å². The normalized spacial score (nSPS) is 27.7. The lowest BCUT2D eigenvalue weighted by molar-refractivity contribution is 0.0479. The second-order valence-corrected chi connectivity index (χ2v) is 7.37. The molecule has 1 aromatic rings. The van der Waals surface area contributed by atoms with Crippen molar-refractivity contribution >= 4 is 6.09 Å². The highest BCUT2D eigenvalue weighted by molar-refractivity contribution is 5.68. The molecule has 2 bridgehead atoms. The molecule has 1 aromatic carbocycles. The van der Waals surface area contributed by atoms with E-state index in [0.717, 1.165) is 12.8 Å². The van der Waals surface area contributed by atoms with Crippen LogP contribution in [0.1, 0.15) is 44.7 Å². The zero-order chi connectivity index (χ0) is 15.0. The monoisotopic (exact) mass is 286 g/mol. The number of ether oxygens (including phenoxy) is 1. The summed E-state index contributed by atoms with van der Waals surface area (Å²) in [5.41, 5.74) is 2.39. The predicted octanol–water partition coefficient (Wildman–Crippen LogP) is 3.50. The maximum absolute atomic E-state index is 12.1. The Morgan fingerprint density at radius 1 is 1.24 bits per heavy atom. The molecule has 3 unspecified atom stereocenters. The molecule has 2 aliphatic rings. The minimum atomic E-state index is -0.439. The molecule has 2 aliphatic carbocycles. The Kier molecular flexibility index (Phi) is 3.68. The molecular formula is C18H24NO2. The van der Waals surface area contributed by atoms with Gasteiger partial charge in [0.2, 0.25) is 0 Å². The van der Waals surface area contributed by atoms with Crippen molar-refractivity contribution in [2.24, 2.45) is 11.8 Å². The van der Waals surface area contributed by atoms with Crippen LogP contribution in [0.4, 0.5) is 4.79 Å². The van der Waals surface area contributed by atoms with Crippen molar-refractivity contribution in [3.05, 3.63) is 35.4 Å². The van der Waals surface area contributed by atoms with Gasteiger partial charge in [0, 0.05) is 6.04 Å². The fourth-order valence-electron chi connectivity index (χ4n) is 3.76. The van der Waals surface area contributed by atoms with Gasteiger partial charge in [-0.25, -0.2) is 4.79 Å². The van der Waals surface area contributed by atoms with Crippen molar-refractivity contribution in [1.29, 1.82) is 0 Å². The topological polar surface area (TPSA) is 38.3 Å². The predicted molar refractivity (Wildman–Crippen MR) is 82.1 cm³/mol. The summed E-state index contributed by atoms with van der Waals surface area (Å²) < 4.78 is 5.43. The van der Waals surface area contributed by atoms with E-state index in [4.69, 9.17) is 4.74 Å². The van der Waals surface area contributed by atoms with E-state index in [-0.39, 0.29) is 12.1 Å². The number of nitrogens with one attached hydrogen (secondary N) is 1. The van der Waals surface area contributed by atoms with Gasteiger partial charge in [0.25, 0.3) is 0 Å². The van der Waals surface area contributed by atoms with Crippen molar-refractivity contribution in [3.8, 4) is 0 Å². The third kappa shape index (κ3) is 3.22. The van der Waals surface area contributed by atoms with E-state index in [2.05, 4.69) is 23.5 Å². The Bertz CT molecular complexity index is 499. The summed E-state index contributed by atoms with van der Waals surface area (Å²) in [5.74, 6) is 1.06. The molecule has 1 amide bonds. The van der Waals surface area contributed by atoms with Gasteiger partial charge in [0.05, 0.1) is 0 Å². The van der Waals surface area contributed by atoms with Crippen LogP contribution in [0.3, 0.4) is 0 Å². The highest BCUT2D eigenvalue weighted by Gasteiger charge is 2.40. The number of amides is 1. The summed E-state index contributed by atoms with van der Waals surface area (Å²) in [6, 6.07) is 9.71. The quantitative estimate of drug-likeness (QED) is 0.858. The minimum Gasteiger partial charge on any atom is -0.444 e. The second kappa shape index (κ2) is 5.36. The molecule has 3 nitrogen and oxygen atoms in total. The van der Waals surface area contributed by atoms with Crippen LogP contribution < -0.4 is 5.32 Å². The Morgan fingerprint density at radius 3 is 2.57 bits per heavy atom. The zero-order valence-corrected chi connectivity index (χ0v) is 13.1. The molecule has 0 saturated heterocycles. The van der Waals surface area contributed by atoms with Gasteiger partial charge in [0.15, 0.2) is 0 Å².